The van der Waals surface area contributed by atoms with Crippen molar-refractivity contribution in [2.75, 3.05) is 31.4 Å². The fraction of sp³-hybridized carbons (Fsp3) is 0.200. The number of sulfonamides is 1. The average Bonchev–Trinajstić information content (AvgIpc) is 2.84. The molecule has 2 N–H and O–H groups in total. The van der Waals surface area contributed by atoms with E-state index in [1.54, 1.807) is 42.5 Å². The first kappa shape index (κ1) is 24.1. The van der Waals surface area contributed by atoms with E-state index in [4.69, 9.17) is 14.2 Å². The van der Waals surface area contributed by atoms with Crippen LogP contribution >= 0.6 is 0 Å². The summed E-state index contributed by atoms with van der Waals surface area (Å²) in [5, 5.41) is 3.15. The summed E-state index contributed by atoms with van der Waals surface area (Å²) in [6, 6.07) is 15.5. The Morgan fingerprint density at radius 1 is 0.714 bits per heavy atom. The quantitative estimate of drug-likeness (QED) is 0.359. The number of fused-ring (bicyclic) bond motifs is 1. The second-order valence-electron chi connectivity index (χ2n) is 7.87. The lowest BCUT2D eigenvalue weighted by Gasteiger charge is -2.17. The summed E-state index contributed by atoms with van der Waals surface area (Å²) >= 11 is 0. The molecule has 0 unspecified atom stereocenters. The largest absolute Gasteiger partial charge is 0.493 e. The molecule has 0 saturated heterocycles. The number of hydrogen-bond donors (Lipinski definition) is 2. The van der Waals surface area contributed by atoms with Gasteiger partial charge < -0.3 is 19.5 Å². The van der Waals surface area contributed by atoms with Crippen molar-refractivity contribution in [3.8, 4) is 17.2 Å². The van der Waals surface area contributed by atoms with Crippen molar-refractivity contribution in [2.24, 2.45) is 0 Å². The van der Waals surface area contributed by atoms with E-state index in [0.717, 1.165) is 11.1 Å². The summed E-state index contributed by atoms with van der Waals surface area (Å²) in [5.41, 5.74) is 3.65. The Balaban J connectivity index is 1.82. The summed E-state index contributed by atoms with van der Waals surface area (Å²) in [6.45, 7) is 3.83. The minimum absolute atomic E-state index is 0.0516. The van der Waals surface area contributed by atoms with Crippen LogP contribution in [0.2, 0.25) is 0 Å². The molecule has 0 radical (unpaired) electrons. The number of nitrogens with zero attached hydrogens (tertiary/aromatic N) is 2. The van der Waals surface area contributed by atoms with Crippen molar-refractivity contribution >= 4 is 38.4 Å². The maximum absolute atomic E-state index is 13.1. The second kappa shape index (κ2) is 9.67. The van der Waals surface area contributed by atoms with Gasteiger partial charge in [-0.05, 0) is 43.7 Å². The van der Waals surface area contributed by atoms with Gasteiger partial charge in [0.1, 0.15) is 0 Å². The van der Waals surface area contributed by atoms with Crippen LogP contribution in [0.1, 0.15) is 11.1 Å². The van der Waals surface area contributed by atoms with Crippen LogP contribution in [0.25, 0.3) is 11.0 Å². The van der Waals surface area contributed by atoms with E-state index in [1.165, 1.54) is 21.3 Å². The zero-order valence-electron chi connectivity index (χ0n) is 20.0. The van der Waals surface area contributed by atoms with E-state index in [-0.39, 0.29) is 16.5 Å². The van der Waals surface area contributed by atoms with Gasteiger partial charge in [0.2, 0.25) is 5.75 Å². The number of rotatable bonds is 8. The topological polar surface area (TPSA) is 112 Å². The Labute approximate surface area is 204 Å². The highest BCUT2D eigenvalue weighted by Crippen LogP contribution is 2.41. The summed E-state index contributed by atoms with van der Waals surface area (Å²) in [4.78, 5) is 9.34. The highest BCUT2D eigenvalue weighted by atomic mass is 32.2. The molecule has 4 aromatic rings. The smallest absolute Gasteiger partial charge is 0.263 e. The summed E-state index contributed by atoms with van der Waals surface area (Å²) in [7, 11) is 0.626. The van der Waals surface area contributed by atoms with Crippen molar-refractivity contribution in [3.63, 3.8) is 0 Å². The molecule has 0 aliphatic heterocycles. The van der Waals surface area contributed by atoms with Crippen LogP contribution < -0.4 is 24.2 Å². The van der Waals surface area contributed by atoms with Crippen LogP contribution in [-0.4, -0.2) is 39.7 Å². The number of benzene rings is 3. The summed E-state index contributed by atoms with van der Waals surface area (Å²) in [6.07, 6.45) is 0. The van der Waals surface area contributed by atoms with Crippen LogP contribution in [0.4, 0.5) is 17.3 Å². The predicted molar refractivity (Wildman–Crippen MR) is 136 cm³/mol. The van der Waals surface area contributed by atoms with Gasteiger partial charge in [-0.25, -0.2) is 18.4 Å². The molecular formula is C25H26N4O5S. The van der Waals surface area contributed by atoms with Crippen molar-refractivity contribution < 1.29 is 22.6 Å². The highest BCUT2D eigenvalue weighted by molar-refractivity contribution is 7.92. The molecular weight excluding hydrogens is 468 g/mol. The molecule has 3 aromatic carbocycles. The van der Waals surface area contributed by atoms with Crippen molar-refractivity contribution in [3.05, 3.63) is 65.7 Å². The van der Waals surface area contributed by atoms with Gasteiger partial charge in [0.05, 0.1) is 37.3 Å². The normalized spacial score (nSPS) is 11.2. The Morgan fingerprint density at radius 2 is 1.31 bits per heavy atom. The van der Waals surface area contributed by atoms with Gasteiger partial charge in [0.15, 0.2) is 23.1 Å². The Bertz CT molecular complexity index is 1460. The third-order valence-electron chi connectivity index (χ3n) is 5.31. The fourth-order valence-corrected chi connectivity index (χ4v) is 4.53. The molecule has 0 fully saturated rings. The van der Waals surface area contributed by atoms with E-state index in [2.05, 4.69) is 20.0 Å². The molecule has 4 rings (SSSR count). The van der Waals surface area contributed by atoms with Gasteiger partial charge >= 0.3 is 0 Å². The van der Waals surface area contributed by atoms with Crippen LogP contribution in [0.3, 0.4) is 0 Å². The first-order chi connectivity index (χ1) is 16.7. The predicted octanol–water partition coefficient (Wildman–Crippen LogP) is 4.82. The maximum atomic E-state index is 13.1. The van der Waals surface area contributed by atoms with E-state index in [9.17, 15) is 8.42 Å². The third kappa shape index (κ3) is 5.07. The molecule has 9 nitrogen and oxygen atoms in total. The van der Waals surface area contributed by atoms with E-state index in [0.29, 0.717) is 34.0 Å². The first-order valence-corrected chi connectivity index (χ1v) is 12.2. The molecule has 0 bridgehead atoms. The van der Waals surface area contributed by atoms with Gasteiger partial charge in [-0.1, -0.05) is 23.8 Å². The van der Waals surface area contributed by atoms with Crippen LogP contribution in [0, 0.1) is 13.8 Å². The summed E-state index contributed by atoms with van der Waals surface area (Å²) in [5.74, 6) is 1.56. The lowest BCUT2D eigenvalue weighted by atomic mass is 10.2. The first-order valence-electron chi connectivity index (χ1n) is 10.7. The zero-order chi connectivity index (χ0) is 25.2. The van der Waals surface area contributed by atoms with Gasteiger partial charge in [-0.2, -0.15) is 0 Å². The van der Waals surface area contributed by atoms with Gasteiger partial charge in [-0.15, -0.1) is 0 Å². The SMILES string of the molecule is COc1cc(Nc2nc3cc(C)ccc3nc2NS(=O)(=O)c2ccc(C)cc2)cc(OC)c1OC. The van der Waals surface area contributed by atoms with E-state index in [1.807, 2.05) is 26.0 Å². The monoisotopic (exact) mass is 494 g/mol. The lowest BCUT2D eigenvalue weighted by Crippen LogP contribution is -2.16. The highest BCUT2D eigenvalue weighted by Gasteiger charge is 2.20. The van der Waals surface area contributed by atoms with Crippen molar-refractivity contribution in [1.29, 1.82) is 0 Å². The zero-order valence-corrected chi connectivity index (χ0v) is 20.9. The van der Waals surface area contributed by atoms with Crippen molar-refractivity contribution in [1.82, 2.24) is 9.97 Å². The number of hydrogen-bond acceptors (Lipinski definition) is 8. The number of anilines is 3. The molecule has 0 aliphatic rings. The number of methoxy groups -OCH3 is 3. The Hall–Kier alpha value is -4.05. The molecule has 0 atom stereocenters. The molecule has 1 heterocycles. The fourth-order valence-electron chi connectivity index (χ4n) is 3.52. The molecule has 0 spiro atoms. The number of aryl methyl sites for hydroxylation is 2. The average molecular weight is 495 g/mol. The van der Waals surface area contributed by atoms with Gasteiger partial charge in [-0.3, -0.25) is 4.72 Å². The third-order valence-corrected chi connectivity index (χ3v) is 6.66. The molecule has 35 heavy (non-hydrogen) atoms. The Morgan fingerprint density at radius 3 is 1.91 bits per heavy atom. The minimum Gasteiger partial charge on any atom is -0.493 e. The Kier molecular flexibility index (Phi) is 6.65. The lowest BCUT2D eigenvalue weighted by molar-refractivity contribution is 0.324. The maximum Gasteiger partial charge on any atom is 0.263 e. The minimum atomic E-state index is -3.92. The number of nitrogens with one attached hydrogen (secondary N) is 2. The second-order valence-corrected chi connectivity index (χ2v) is 9.55. The number of ether oxygens (including phenoxy) is 3. The molecule has 1 aromatic heterocycles. The summed E-state index contributed by atoms with van der Waals surface area (Å²) < 4.78 is 45.1. The van der Waals surface area contributed by atoms with E-state index >= 15 is 0 Å². The number of aromatic nitrogens is 2. The molecule has 0 saturated carbocycles. The van der Waals surface area contributed by atoms with Crippen LogP contribution in [-0.2, 0) is 10.0 Å². The molecule has 0 aliphatic carbocycles. The van der Waals surface area contributed by atoms with Crippen LogP contribution in [0.15, 0.2) is 59.5 Å². The van der Waals surface area contributed by atoms with Gasteiger partial charge in [0, 0.05) is 17.8 Å². The van der Waals surface area contributed by atoms with Crippen LogP contribution in [0.5, 0.6) is 17.2 Å². The van der Waals surface area contributed by atoms with Gasteiger partial charge in [0.25, 0.3) is 10.0 Å². The molecule has 0 amide bonds. The molecule has 182 valence electrons. The molecule has 10 heteroatoms. The van der Waals surface area contributed by atoms with Crippen molar-refractivity contribution in [2.45, 2.75) is 18.7 Å². The van der Waals surface area contributed by atoms with E-state index < -0.39 is 10.0 Å². The standard InChI is InChI=1S/C25H26N4O5S/c1-15-6-9-18(10-7-15)35(30,31)29-25-24(28-20-12-16(2)8-11-19(20)27-25)26-17-13-21(32-3)23(34-5)22(14-17)33-4/h6-14H,1-5H3,(H,26,28)(H,27,29).